The van der Waals surface area contributed by atoms with Gasteiger partial charge in [-0.05, 0) is 37.5 Å². The molecule has 6 heteroatoms. The Hall–Kier alpha value is -1.30. The molecule has 3 rings (SSSR count). The molecular weight excluding hydrogens is 304 g/mol. The molecular formula is C16H21ClN2O3. The Kier molecular flexibility index (Phi) is 4.86. The highest BCUT2D eigenvalue weighted by molar-refractivity contribution is 6.31. The van der Waals surface area contributed by atoms with Gasteiger partial charge in [0, 0.05) is 18.1 Å². The molecule has 2 fully saturated rings. The Morgan fingerprint density at radius 3 is 2.77 bits per heavy atom. The molecule has 2 unspecified atom stereocenters. The molecule has 5 nitrogen and oxygen atoms in total. The average Bonchev–Trinajstić information content (AvgIpc) is 2.94. The third kappa shape index (κ3) is 3.37. The van der Waals surface area contributed by atoms with E-state index in [4.69, 9.17) is 16.3 Å². The van der Waals surface area contributed by atoms with Gasteiger partial charge in [-0.3, -0.25) is 4.79 Å². The van der Waals surface area contributed by atoms with Gasteiger partial charge in [-0.25, -0.2) is 0 Å². The van der Waals surface area contributed by atoms with Gasteiger partial charge in [0.05, 0.1) is 36.6 Å². The van der Waals surface area contributed by atoms with E-state index in [1.54, 1.807) is 6.07 Å². The highest BCUT2D eigenvalue weighted by atomic mass is 35.5. The molecule has 1 saturated heterocycles. The SMILES string of the molecule is O=C(Nc1cc(Cl)ccc1N1CCOCC1)C1CCCC1O. The number of nitrogens with one attached hydrogen (secondary N) is 1. The molecule has 0 spiro atoms. The molecule has 120 valence electrons. The second kappa shape index (κ2) is 6.86. The minimum absolute atomic E-state index is 0.123. The lowest BCUT2D eigenvalue weighted by Gasteiger charge is -2.31. The smallest absolute Gasteiger partial charge is 0.230 e. The summed E-state index contributed by atoms with van der Waals surface area (Å²) in [5.74, 6) is -0.446. The molecule has 1 aliphatic heterocycles. The number of amides is 1. The van der Waals surface area contributed by atoms with Crippen molar-refractivity contribution in [2.24, 2.45) is 5.92 Å². The lowest BCUT2D eigenvalue weighted by Crippen LogP contribution is -2.37. The topological polar surface area (TPSA) is 61.8 Å². The third-order valence-corrected chi connectivity index (χ3v) is 4.62. The van der Waals surface area contributed by atoms with Crippen molar-refractivity contribution >= 4 is 28.9 Å². The maximum Gasteiger partial charge on any atom is 0.230 e. The van der Waals surface area contributed by atoms with E-state index in [9.17, 15) is 9.90 Å². The summed E-state index contributed by atoms with van der Waals surface area (Å²) in [4.78, 5) is 14.6. The number of ether oxygens (including phenoxy) is 1. The number of nitrogens with zero attached hydrogens (tertiary/aromatic N) is 1. The second-order valence-corrected chi connectivity index (χ2v) is 6.29. The number of aliphatic hydroxyl groups is 1. The molecule has 1 amide bonds. The summed E-state index contributed by atoms with van der Waals surface area (Å²) in [6.45, 7) is 2.93. The highest BCUT2D eigenvalue weighted by Crippen LogP contribution is 2.32. The van der Waals surface area contributed by atoms with Crippen LogP contribution in [-0.4, -0.2) is 43.4 Å². The third-order valence-electron chi connectivity index (χ3n) is 4.38. The first-order valence-corrected chi connectivity index (χ1v) is 8.14. The number of anilines is 2. The molecule has 1 aromatic rings. The normalized spacial score (nSPS) is 25.3. The van der Waals surface area contributed by atoms with Gasteiger partial charge in [-0.2, -0.15) is 0 Å². The van der Waals surface area contributed by atoms with Gasteiger partial charge in [-0.15, -0.1) is 0 Å². The number of hydrogen-bond donors (Lipinski definition) is 2. The first-order valence-electron chi connectivity index (χ1n) is 7.76. The molecule has 2 N–H and O–H groups in total. The van der Waals surface area contributed by atoms with Crippen LogP contribution in [0, 0.1) is 5.92 Å². The van der Waals surface area contributed by atoms with E-state index in [1.807, 2.05) is 12.1 Å². The Morgan fingerprint density at radius 1 is 1.32 bits per heavy atom. The highest BCUT2D eigenvalue weighted by Gasteiger charge is 2.32. The predicted molar refractivity (Wildman–Crippen MR) is 86.5 cm³/mol. The molecule has 1 aliphatic carbocycles. The molecule has 2 atom stereocenters. The maximum atomic E-state index is 12.4. The fraction of sp³-hybridized carbons (Fsp3) is 0.562. The van der Waals surface area contributed by atoms with E-state index < -0.39 is 6.10 Å². The summed E-state index contributed by atoms with van der Waals surface area (Å²) >= 11 is 6.08. The van der Waals surface area contributed by atoms with E-state index in [0.29, 0.717) is 30.3 Å². The van der Waals surface area contributed by atoms with Crippen molar-refractivity contribution in [3.8, 4) is 0 Å². The molecule has 0 radical (unpaired) electrons. The molecule has 0 bridgehead atoms. The zero-order chi connectivity index (χ0) is 15.5. The number of rotatable bonds is 3. The van der Waals surface area contributed by atoms with E-state index in [1.165, 1.54) is 0 Å². The number of benzene rings is 1. The van der Waals surface area contributed by atoms with Crippen LogP contribution in [0.5, 0.6) is 0 Å². The average molecular weight is 325 g/mol. The monoisotopic (exact) mass is 324 g/mol. The first-order chi connectivity index (χ1) is 10.6. The zero-order valence-electron chi connectivity index (χ0n) is 12.4. The number of halogens is 1. The summed E-state index contributed by atoms with van der Waals surface area (Å²) in [6, 6.07) is 5.52. The first kappa shape index (κ1) is 15.6. The minimum atomic E-state index is -0.536. The van der Waals surface area contributed by atoms with Gasteiger partial charge in [0.2, 0.25) is 5.91 Å². The van der Waals surface area contributed by atoms with E-state index >= 15 is 0 Å². The van der Waals surface area contributed by atoms with Gasteiger partial charge < -0.3 is 20.1 Å². The quantitative estimate of drug-likeness (QED) is 0.895. The van der Waals surface area contributed by atoms with Crippen LogP contribution in [0.4, 0.5) is 11.4 Å². The lowest BCUT2D eigenvalue weighted by atomic mass is 10.0. The van der Waals surface area contributed by atoms with Gasteiger partial charge in [-0.1, -0.05) is 11.6 Å². The molecule has 22 heavy (non-hydrogen) atoms. The number of morpholine rings is 1. The van der Waals surface area contributed by atoms with Crippen LogP contribution in [0.25, 0.3) is 0 Å². The van der Waals surface area contributed by atoms with Crippen molar-refractivity contribution in [2.75, 3.05) is 36.5 Å². The summed E-state index contributed by atoms with van der Waals surface area (Å²) in [5, 5.41) is 13.4. The molecule has 1 aromatic carbocycles. The van der Waals surface area contributed by atoms with Crippen LogP contribution in [-0.2, 0) is 9.53 Å². The fourth-order valence-corrected chi connectivity index (χ4v) is 3.33. The minimum Gasteiger partial charge on any atom is -0.392 e. The van der Waals surface area contributed by atoms with Gasteiger partial charge in [0.25, 0.3) is 0 Å². The zero-order valence-corrected chi connectivity index (χ0v) is 13.2. The van der Waals surface area contributed by atoms with Crippen molar-refractivity contribution in [2.45, 2.75) is 25.4 Å². The Morgan fingerprint density at radius 2 is 2.09 bits per heavy atom. The number of carbonyl (C=O) groups is 1. The van der Waals surface area contributed by atoms with Crippen molar-refractivity contribution in [1.29, 1.82) is 0 Å². The molecule has 1 heterocycles. The van der Waals surface area contributed by atoms with Crippen LogP contribution >= 0.6 is 11.6 Å². The fourth-order valence-electron chi connectivity index (χ4n) is 3.16. The largest absolute Gasteiger partial charge is 0.392 e. The van der Waals surface area contributed by atoms with Crippen molar-refractivity contribution in [3.05, 3.63) is 23.2 Å². The number of hydrogen-bond acceptors (Lipinski definition) is 4. The van der Waals surface area contributed by atoms with E-state index in [2.05, 4.69) is 10.2 Å². The maximum absolute atomic E-state index is 12.4. The van der Waals surface area contributed by atoms with Crippen LogP contribution < -0.4 is 10.2 Å². The second-order valence-electron chi connectivity index (χ2n) is 5.85. The van der Waals surface area contributed by atoms with Crippen LogP contribution in [0.2, 0.25) is 5.02 Å². The summed E-state index contributed by atoms with van der Waals surface area (Å²) in [7, 11) is 0. The van der Waals surface area contributed by atoms with Gasteiger partial charge in [0.15, 0.2) is 0 Å². The summed E-state index contributed by atoms with van der Waals surface area (Å²) in [5.41, 5.74) is 1.66. The summed E-state index contributed by atoms with van der Waals surface area (Å²) < 4.78 is 5.37. The standard InChI is InChI=1S/C16H21ClN2O3/c17-11-4-5-14(19-6-8-22-9-7-19)13(10-11)18-16(21)12-2-1-3-15(12)20/h4-5,10,12,15,20H,1-3,6-9H2,(H,18,21). The summed E-state index contributed by atoms with van der Waals surface area (Å²) in [6.07, 6.45) is 1.79. The number of aliphatic hydroxyl groups excluding tert-OH is 1. The van der Waals surface area contributed by atoms with E-state index in [-0.39, 0.29) is 11.8 Å². The number of carbonyl (C=O) groups excluding carboxylic acids is 1. The van der Waals surface area contributed by atoms with Crippen molar-refractivity contribution in [3.63, 3.8) is 0 Å². The Labute approximate surface area is 135 Å². The Balaban J connectivity index is 1.79. The van der Waals surface area contributed by atoms with Gasteiger partial charge in [0.1, 0.15) is 0 Å². The van der Waals surface area contributed by atoms with Crippen LogP contribution in [0.1, 0.15) is 19.3 Å². The predicted octanol–water partition coefficient (Wildman–Crippen LogP) is 2.28. The van der Waals surface area contributed by atoms with Crippen molar-refractivity contribution < 1.29 is 14.6 Å². The van der Waals surface area contributed by atoms with E-state index in [0.717, 1.165) is 31.6 Å². The van der Waals surface area contributed by atoms with Crippen LogP contribution in [0.3, 0.4) is 0 Å². The van der Waals surface area contributed by atoms with Gasteiger partial charge >= 0.3 is 0 Å². The lowest BCUT2D eigenvalue weighted by molar-refractivity contribution is -0.122. The van der Waals surface area contributed by atoms with Crippen LogP contribution in [0.15, 0.2) is 18.2 Å². The van der Waals surface area contributed by atoms with Crippen molar-refractivity contribution in [1.82, 2.24) is 0 Å². The Bertz CT molecular complexity index is 546. The molecule has 0 aromatic heterocycles. The molecule has 2 aliphatic rings. The molecule has 1 saturated carbocycles.